The maximum absolute atomic E-state index is 12.6. The van der Waals surface area contributed by atoms with Gasteiger partial charge in [-0.2, -0.15) is 0 Å². The molecule has 1 aliphatic heterocycles. The zero-order valence-corrected chi connectivity index (χ0v) is 19.2. The van der Waals surface area contributed by atoms with E-state index >= 15 is 0 Å². The minimum Gasteiger partial charge on any atom is -0.487 e. The Bertz CT molecular complexity index is 879. The molecule has 1 unspecified atom stereocenters. The number of benzene rings is 2. The lowest BCUT2D eigenvalue weighted by molar-refractivity contribution is -0.132. The van der Waals surface area contributed by atoms with Gasteiger partial charge in [0.05, 0.1) is 5.69 Å². The summed E-state index contributed by atoms with van der Waals surface area (Å²) in [5, 5.41) is 0. The molecule has 1 fully saturated rings. The lowest BCUT2D eigenvalue weighted by Gasteiger charge is -2.40. The molecule has 1 saturated heterocycles. The van der Waals surface area contributed by atoms with E-state index in [9.17, 15) is 9.59 Å². The third-order valence-corrected chi connectivity index (χ3v) is 6.29. The Labute approximate surface area is 191 Å². The van der Waals surface area contributed by atoms with E-state index in [4.69, 9.17) is 10.5 Å². The van der Waals surface area contributed by atoms with Gasteiger partial charge in [-0.25, -0.2) is 0 Å². The van der Waals surface area contributed by atoms with E-state index in [1.54, 1.807) is 6.92 Å². The summed E-state index contributed by atoms with van der Waals surface area (Å²) in [5.74, 6) is 0.394. The van der Waals surface area contributed by atoms with Crippen LogP contribution in [-0.2, 0) is 16.2 Å². The molecule has 0 aromatic heterocycles. The minimum atomic E-state index is -0.344. The van der Waals surface area contributed by atoms with Crippen molar-refractivity contribution in [2.24, 2.45) is 11.7 Å². The second kappa shape index (κ2) is 11.6. The Morgan fingerprint density at radius 3 is 2.41 bits per heavy atom. The topological polar surface area (TPSA) is 75.9 Å². The summed E-state index contributed by atoms with van der Waals surface area (Å²) in [5.41, 5.74) is 7.55. The van der Waals surface area contributed by atoms with Crippen molar-refractivity contribution < 1.29 is 14.3 Å². The minimum absolute atomic E-state index is 0.117. The normalized spacial score (nSPS) is 15.2. The fraction of sp³-hybridized carbons (Fsp3) is 0.462. The van der Waals surface area contributed by atoms with E-state index in [0.29, 0.717) is 25.5 Å². The Kier molecular flexibility index (Phi) is 8.54. The van der Waals surface area contributed by atoms with E-state index in [0.717, 1.165) is 49.5 Å². The highest BCUT2D eigenvalue weighted by atomic mass is 16.5. The van der Waals surface area contributed by atoms with Crippen LogP contribution in [0.3, 0.4) is 0 Å². The molecule has 6 nitrogen and oxygen atoms in total. The van der Waals surface area contributed by atoms with Gasteiger partial charge in [-0.05, 0) is 43.9 Å². The molecule has 0 aliphatic carbocycles. The largest absolute Gasteiger partial charge is 0.487 e. The first kappa shape index (κ1) is 23.6. The van der Waals surface area contributed by atoms with Crippen molar-refractivity contribution in [1.29, 1.82) is 0 Å². The van der Waals surface area contributed by atoms with Crippen LogP contribution in [0.25, 0.3) is 0 Å². The molecule has 32 heavy (non-hydrogen) atoms. The molecular formula is C26H35N3O3. The second-order valence-electron chi connectivity index (χ2n) is 8.48. The Morgan fingerprint density at radius 2 is 1.75 bits per heavy atom. The number of para-hydroxylation sites is 2. The van der Waals surface area contributed by atoms with Crippen LogP contribution in [0, 0.1) is 5.92 Å². The quantitative estimate of drug-likeness (QED) is 0.610. The number of carbonyl (C=O) groups excluding carboxylic acids is 2. The molecule has 2 amide bonds. The van der Waals surface area contributed by atoms with Gasteiger partial charge in [-0.3, -0.25) is 9.59 Å². The fourth-order valence-electron chi connectivity index (χ4n) is 4.24. The summed E-state index contributed by atoms with van der Waals surface area (Å²) < 4.78 is 6.19. The summed E-state index contributed by atoms with van der Waals surface area (Å²) in [7, 11) is 0. The van der Waals surface area contributed by atoms with Gasteiger partial charge in [0.15, 0.2) is 0 Å². The van der Waals surface area contributed by atoms with Gasteiger partial charge in [-0.1, -0.05) is 49.4 Å². The lowest BCUT2D eigenvalue weighted by Crippen LogP contribution is -2.47. The molecule has 6 heteroatoms. The number of carbonyl (C=O) groups is 2. The molecule has 3 rings (SSSR count). The number of hydrogen-bond donors (Lipinski definition) is 1. The molecular weight excluding hydrogens is 402 g/mol. The van der Waals surface area contributed by atoms with Gasteiger partial charge < -0.3 is 20.3 Å². The molecule has 1 atom stereocenters. The van der Waals surface area contributed by atoms with Gasteiger partial charge in [0, 0.05) is 38.0 Å². The van der Waals surface area contributed by atoms with Crippen LogP contribution < -0.4 is 15.4 Å². The van der Waals surface area contributed by atoms with Gasteiger partial charge in [0.1, 0.15) is 12.4 Å². The number of anilines is 1. The van der Waals surface area contributed by atoms with Crippen LogP contribution in [0.1, 0.15) is 45.1 Å². The number of rotatable bonds is 10. The Hall–Kier alpha value is -3.02. The number of ether oxygens (including phenoxy) is 1. The van der Waals surface area contributed by atoms with E-state index in [1.165, 1.54) is 0 Å². The number of piperidine rings is 1. The number of primary amides is 1. The summed E-state index contributed by atoms with van der Waals surface area (Å²) in [6.45, 7) is 6.82. The smallest absolute Gasteiger partial charge is 0.222 e. The van der Waals surface area contributed by atoms with Crippen molar-refractivity contribution in [2.75, 3.05) is 24.5 Å². The van der Waals surface area contributed by atoms with Crippen LogP contribution in [0.2, 0.25) is 0 Å². The van der Waals surface area contributed by atoms with Gasteiger partial charge in [0.2, 0.25) is 11.8 Å². The van der Waals surface area contributed by atoms with E-state index in [2.05, 4.69) is 30.0 Å². The van der Waals surface area contributed by atoms with E-state index in [-0.39, 0.29) is 17.7 Å². The Balaban J connectivity index is 1.59. The third kappa shape index (κ3) is 6.25. The first-order valence-corrected chi connectivity index (χ1v) is 11.6. The zero-order chi connectivity index (χ0) is 22.9. The molecule has 0 saturated carbocycles. The first-order chi connectivity index (χ1) is 15.5. The molecule has 172 valence electrons. The molecule has 1 aliphatic rings. The molecule has 2 aromatic rings. The maximum Gasteiger partial charge on any atom is 0.222 e. The van der Waals surface area contributed by atoms with Crippen molar-refractivity contribution in [3.05, 3.63) is 60.2 Å². The van der Waals surface area contributed by atoms with Crippen molar-refractivity contribution in [3.8, 4) is 5.75 Å². The number of hydrogen-bond acceptors (Lipinski definition) is 4. The van der Waals surface area contributed by atoms with Crippen molar-refractivity contribution in [3.63, 3.8) is 0 Å². The van der Waals surface area contributed by atoms with Gasteiger partial charge in [0.25, 0.3) is 0 Å². The summed E-state index contributed by atoms with van der Waals surface area (Å²) in [6.07, 6.45) is 2.72. The number of amides is 2. The van der Waals surface area contributed by atoms with E-state index in [1.807, 2.05) is 41.3 Å². The number of nitrogens with zero attached hydrogens (tertiary/aromatic N) is 2. The Morgan fingerprint density at radius 1 is 1.09 bits per heavy atom. The SMILES string of the molecule is CCN(c1ccccc1OCc1ccccc1)C1CCN(C(=O)CCC(C)C(N)=O)CC1. The van der Waals surface area contributed by atoms with Gasteiger partial charge >= 0.3 is 0 Å². The highest BCUT2D eigenvalue weighted by molar-refractivity contribution is 5.79. The highest BCUT2D eigenvalue weighted by Crippen LogP contribution is 2.32. The lowest BCUT2D eigenvalue weighted by atomic mass is 10.00. The van der Waals surface area contributed by atoms with Crippen molar-refractivity contribution in [2.45, 2.75) is 52.2 Å². The van der Waals surface area contributed by atoms with Crippen LogP contribution in [0.15, 0.2) is 54.6 Å². The monoisotopic (exact) mass is 437 g/mol. The average molecular weight is 438 g/mol. The van der Waals surface area contributed by atoms with Crippen LogP contribution >= 0.6 is 0 Å². The third-order valence-electron chi connectivity index (χ3n) is 6.29. The van der Waals surface area contributed by atoms with Crippen LogP contribution in [0.4, 0.5) is 5.69 Å². The van der Waals surface area contributed by atoms with E-state index < -0.39 is 0 Å². The summed E-state index contributed by atoms with van der Waals surface area (Å²) in [4.78, 5) is 28.1. The summed E-state index contributed by atoms with van der Waals surface area (Å²) in [6, 6.07) is 18.7. The standard InChI is InChI=1S/C26H35N3O3/c1-3-29(22-15-17-28(18-16-22)25(30)14-13-20(2)26(27)31)23-11-7-8-12-24(23)32-19-21-9-5-4-6-10-21/h4-12,20,22H,3,13-19H2,1-2H3,(H2,27,31). The predicted octanol–water partition coefficient (Wildman–Crippen LogP) is 3.98. The first-order valence-electron chi connectivity index (χ1n) is 11.6. The number of nitrogens with two attached hydrogens (primary N) is 1. The van der Waals surface area contributed by atoms with Crippen LogP contribution in [0.5, 0.6) is 5.75 Å². The zero-order valence-electron chi connectivity index (χ0n) is 19.2. The van der Waals surface area contributed by atoms with Crippen LogP contribution in [-0.4, -0.2) is 42.4 Å². The van der Waals surface area contributed by atoms with Gasteiger partial charge in [-0.15, -0.1) is 0 Å². The predicted molar refractivity (Wildman–Crippen MR) is 127 cm³/mol. The molecule has 0 spiro atoms. The molecule has 2 aromatic carbocycles. The summed E-state index contributed by atoms with van der Waals surface area (Å²) >= 11 is 0. The average Bonchev–Trinajstić information content (AvgIpc) is 2.83. The highest BCUT2D eigenvalue weighted by Gasteiger charge is 2.28. The molecule has 1 heterocycles. The molecule has 0 bridgehead atoms. The molecule has 0 radical (unpaired) electrons. The maximum atomic E-state index is 12.6. The fourth-order valence-corrected chi connectivity index (χ4v) is 4.24. The second-order valence-corrected chi connectivity index (χ2v) is 8.48. The van der Waals surface area contributed by atoms with Crippen molar-refractivity contribution in [1.82, 2.24) is 4.90 Å². The molecule has 2 N–H and O–H groups in total. The number of likely N-dealkylation sites (tertiary alicyclic amines) is 1. The van der Waals surface area contributed by atoms with Crippen molar-refractivity contribution >= 4 is 17.5 Å².